The lowest BCUT2D eigenvalue weighted by molar-refractivity contribution is 0.0696. The van der Waals surface area contributed by atoms with E-state index in [1.54, 1.807) is 6.07 Å². The van der Waals surface area contributed by atoms with Gasteiger partial charge in [-0.25, -0.2) is 4.79 Å². The van der Waals surface area contributed by atoms with E-state index in [9.17, 15) is 4.79 Å². The SMILES string of the molecule is C[B]Cc1ccccc1-c1ccc(C(=O)O)c(C)c1. The predicted octanol–water partition coefficient (Wildman–Crippen LogP) is 3.61. The third kappa shape index (κ3) is 2.87. The molecule has 0 spiro atoms. The van der Waals surface area contributed by atoms with Crippen LogP contribution < -0.4 is 0 Å². The second-order valence-corrected chi connectivity index (χ2v) is 4.60. The van der Waals surface area contributed by atoms with Gasteiger partial charge < -0.3 is 5.11 Å². The number of aromatic carboxylic acids is 1. The van der Waals surface area contributed by atoms with E-state index in [0.717, 1.165) is 17.4 Å². The average molecular weight is 251 g/mol. The summed E-state index contributed by atoms with van der Waals surface area (Å²) in [4.78, 5) is 11.0. The van der Waals surface area contributed by atoms with E-state index in [2.05, 4.69) is 19.4 Å². The van der Waals surface area contributed by atoms with Crippen molar-refractivity contribution in [1.29, 1.82) is 0 Å². The highest BCUT2D eigenvalue weighted by atomic mass is 16.4. The molecule has 0 heterocycles. The minimum atomic E-state index is -0.876. The molecule has 3 heteroatoms. The molecule has 0 aliphatic heterocycles. The number of rotatable bonds is 4. The fourth-order valence-corrected chi connectivity index (χ4v) is 2.27. The van der Waals surface area contributed by atoms with Gasteiger partial charge in [0.2, 0.25) is 0 Å². The van der Waals surface area contributed by atoms with Gasteiger partial charge in [0.1, 0.15) is 7.28 Å². The average Bonchev–Trinajstić information content (AvgIpc) is 2.39. The summed E-state index contributed by atoms with van der Waals surface area (Å²) in [6.45, 7) is 3.87. The molecule has 2 nitrogen and oxygen atoms in total. The fourth-order valence-electron chi connectivity index (χ4n) is 2.27. The molecule has 2 aromatic rings. The smallest absolute Gasteiger partial charge is 0.335 e. The Kier molecular flexibility index (Phi) is 4.05. The van der Waals surface area contributed by atoms with Gasteiger partial charge in [-0.05, 0) is 35.2 Å². The van der Waals surface area contributed by atoms with Crippen LogP contribution in [0.3, 0.4) is 0 Å². The molecule has 1 radical (unpaired) electrons. The van der Waals surface area contributed by atoms with Crippen molar-refractivity contribution in [1.82, 2.24) is 0 Å². The summed E-state index contributed by atoms with van der Waals surface area (Å²) in [5.74, 6) is -0.876. The molecule has 0 aliphatic carbocycles. The van der Waals surface area contributed by atoms with Crippen LogP contribution in [0, 0.1) is 6.92 Å². The third-order valence-electron chi connectivity index (χ3n) is 3.21. The molecule has 0 aromatic heterocycles. The normalized spacial score (nSPS) is 10.2. The summed E-state index contributed by atoms with van der Waals surface area (Å²) in [6, 6.07) is 13.7. The van der Waals surface area contributed by atoms with Crippen molar-refractivity contribution in [2.75, 3.05) is 0 Å². The lowest BCUT2D eigenvalue weighted by Crippen LogP contribution is -2.00. The highest BCUT2D eigenvalue weighted by Crippen LogP contribution is 2.26. The molecular formula is C16H16BO2. The van der Waals surface area contributed by atoms with Gasteiger partial charge in [-0.15, -0.1) is 0 Å². The number of carboxylic acids is 1. The van der Waals surface area contributed by atoms with Crippen LogP contribution in [0.4, 0.5) is 0 Å². The van der Waals surface area contributed by atoms with Gasteiger partial charge in [-0.1, -0.05) is 49.5 Å². The van der Waals surface area contributed by atoms with Gasteiger partial charge in [-0.3, -0.25) is 0 Å². The lowest BCUT2D eigenvalue weighted by Gasteiger charge is -2.10. The zero-order valence-corrected chi connectivity index (χ0v) is 11.2. The molecule has 2 rings (SSSR count). The minimum Gasteiger partial charge on any atom is -0.478 e. The first kappa shape index (κ1) is 13.4. The first-order chi connectivity index (χ1) is 9.13. The Hall–Kier alpha value is -2.03. The van der Waals surface area contributed by atoms with Crippen LogP contribution >= 0.6 is 0 Å². The number of carbonyl (C=O) groups is 1. The molecule has 0 aliphatic rings. The van der Waals surface area contributed by atoms with Crippen molar-refractivity contribution >= 4 is 13.2 Å². The maximum Gasteiger partial charge on any atom is 0.335 e. The molecule has 0 unspecified atom stereocenters. The predicted molar refractivity (Wildman–Crippen MR) is 78.9 cm³/mol. The summed E-state index contributed by atoms with van der Waals surface area (Å²) >= 11 is 0. The van der Waals surface area contributed by atoms with Crippen molar-refractivity contribution in [3.8, 4) is 11.1 Å². The van der Waals surface area contributed by atoms with Crippen LogP contribution in [0.2, 0.25) is 6.82 Å². The van der Waals surface area contributed by atoms with Gasteiger partial charge in [0.05, 0.1) is 5.56 Å². The largest absolute Gasteiger partial charge is 0.478 e. The molecule has 0 saturated heterocycles. The van der Waals surface area contributed by atoms with E-state index >= 15 is 0 Å². The highest BCUT2D eigenvalue weighted by Gasteiger charge is 2.09. The Balaban J connectivity index is 2.48. The molecule has 0 atom stereocenters. The van der Waals surface area contributed by atoms with E-state index in [-0.39, 0.29) is 0 Å². The molecular weight excluding hydrogens is 235 g/mol. The van der Waals surface area contributed by atoms with E-state index in [4.69, 9.17) is 5.11 Å². The number of benzene rings is 2. The summed E-state index contributed by atoms with van der Waals surface area (Å²) < 4.78 is 0. The second kappa shape index (κ2) is 5.74. The molecule has 0 bridgehead atoms. The molecule has 0 amide bonds. The fraction of sp³-hybridized carbons (Fsp3) is 0.188. The Labute approximate surface area is 114 Å². The van der Waals surface area contributed by atoms with Gasteiger partial charge in [0.25, 0.3) is 0 Å². The molecule has 19 heavy (non-hydrogen) atoms. The summed E-state index contributed by atoms with van der Waals surface area (Å²) in [5.41, 5.74) is 4.65. The van der Waals surface area contributed by atoms with Gasteiger partial charge in [0, 0.05) is 0 Å². The van der Waals surface area contributed by atoms with Crippen molar-refractivity contribution in [3.63, 3.8) is 0 Å². The van der Waals surface area contributed by atoms with E-state index < -0.39 is 5.97 Å². The van der Waals surface area contributed by atoms with Gasteiger partial charge in [-0.2, -0.15) is 0 Å². The molecule has 95 valence electrons. The third-order valence-corrected chi connectivity index (χ3v) is 3.21. The van der Waals surface area contributed by atoms with Crippen molar-refractivity contribution in [2.24, 2.45) is 0 Å². The number of hydrogen-bond acceptors (Lipinski definition) is 1. The lowest BCUT2D eigenvalue weighted by atomic mass is 9.73. The number of aryl methyl sites for hydroxylation is 1. The maximum absolute atomic E-state index is 11.0. The molecule has 2 aromatic carbocycles. The monoisotopic (exact) mass is 251 g/mol. The van der Waals surface area contributed by atoms with Crippen LogP contribution in [0.1, 0.15) is 21.5 Å². The zero-order valence-electron chi connectivity index (χ0n) is 11.2. The standard InChI is InChI=1S/C16H16BO2/c1-11-9-12(7-8-14(11)16(18)19)15-6-4-3-5-13(15)10-17-2/h3-9H,10H2,1-2H3,(H,18,19). The minimum absolute atomic E-state index is 0.364. The Morgan fingerprint density at radius 1 is 1.21 bits per heavy atom. The molecule has 0 saturated carbocycles. The molecule has 1 N–H and O–H groups in total. The van der Waals surface area contributed by atoms with Crippen LogP contribution in [0.15, 0.2) is 42.5 Å². The Morgan fingerprint density at radius 2 is 1.95 bits per heavy atom. The van der Waals surface area contributed by atoms with Crippen LogP contribution in [-0.2, 0) is 6.32 Å². The summed E-state index contributed by atoms with van der Waals surface area (Å²) in [6.07, 6.45) is 0.913. The first-order valence-electron chi connectivity index (χ1n) is 6.33. The van der Waals surface area contributed by atoms with Crippen LogP contribution in [-0.4, -0.2) is 18.4 Å². The summed E-state index contributed by atoms with van der Waals surface area (Å²) in [5, 5.41) is 9.06. The van der Waals surface area contributed by atoms with Crippen molar-refractivity contribution in [2.45, 2.75) is 20.1 Å². The van der Waals surface area contributed by atoms with Crippen LogP contribution in [0.25, 0.3) is 11.1 Å². The first-order valence-corrected chi connectivity index (χ1v) is 6.33. The van der Waals surface area contributed by atoms with E-state index in [0.29, 0.717) is 5.56 Å². The Bertz CT molecular complexity index is 605. The van der Waals surface area contributed by atoms with Crippen molar-refractivity contribution in [3.05, 3.63) is 59.2 Å². The highest BCUT2D eigenvalue weighted by molar-refractivity contribution is 6.33. The zero-order chi connectivity index (χ0) is 13.8. The quantitative estimate of drug-likeness (QED) is 0.842. The topological polar surface area (TPSA) is 37.3 Å². The van der Waals surface area contributed by atoms with Gasteiger partial charge >= 0.3 is 5.97 Å². The van der Waals surface area contributed by atoms with E-state index in [1.807, 2.05) is 38.0 Å². The number of hydrogen-bond donors (Lipinski definition) is 1. The second-order valence-electron chi connectivity index (χ2n) is 4.60. The Morgan fingerprint density at radius 3 is 2.58 bits per heavy atom. The van der Waals surface area contributed by atoms with Crippen LogP contribution in [0.5, 0.6) is 0 Å². The maximum atomic E-state index is 11.0. The molecule has 0 fully saturated rings. The van der Waals surface area contributed by atoms with E-state index in [1.165, 1.54) is 11.1 Å². The van der Waals surface area contributed by atoms with Gasteiger partial charge in [0.15, 0.2) is 0 Å². The summed E-state index contributed by atoms with van der Waals surface area (Å²) in [7, 11) is 2.12. The number of carboxylic acid groups (broad SMARTS) is 1. The van der Waals surface area contributed by atoms with Crippen molar-refractivity contribution < 1.29 is 9.90 Å².